The lowest BCUT2D eigenvalue weighted by atomic mass is 10.2. The Labute approximate surface area is 179 Å². The van der Waals surface area contributed by atoms with Gasteiger partial charge in [-0.25, -0.2) is 0 Å². The molecule has 2 heterocycles. The number of halogens is 1. The summed E-state index contributed by atoms with van der Waals surface area (Å²) in [5.74, 6) is 1.00. The second-order valence-corrected chi connectivity index (χ2v) is 9.72. The van der Waals surface area contributed by atoms with Crippen LogP contribution < -0.4 is 21.8 Å². The molecule has 0 fully saturated rings. The number of thioether (sulfide) groups is 1. The highest BCUT2D eigenvalue weighted by Gasteiger charge is 2.02. The van der Waals surface area contributed by atoms with E-state index < -0.39 is 0 Å². The van der Waals surface area contributed by atoms with Crippen molar-refractivity contribution in [3.05, 3.63) is 82.7 Å². The zero-order valence-electron chi connectivity index (χ0n) is 15.5. The molecule has 0 saturated carbocycles. The molecule has 0 spiro atoms. The fourth-order valence-corrected chi connectivity index (χ4v) is 5.08. The van der Waals surface area contributed by atoms with E-state index in [2.05, 4.69) is 30.8 Å². The highest BCUT2D eigenvalue weighted by Crippen LogP contribution is 2.27. The first-order valence-corrected chi connectivity index (χ1v) is 11.2. The summed E-state index contributed by atoms with van der Waals surface area (Å²) in [7, 11) is 4.10. The molecule has 5 nitrogen and oxygen atoms in total. The molecule has 0 aliphatic rings. The molecule has 0 aliphatic carbocycles. The molecule has 146 valence electrons. The Hall–Kier alpha value is -1.87. The quantitative estimate of drug-likeness (QED) is 0.534. The molecule has 0 atom stereocenters. The van der Waals surface area contributed by atoms with Gasteiger partial charge in [-0.3, -0.25) is 9.59 Å². The first kappa shape index (κ1) is 20.9. The number of hydrogen-bond donors (Lipinski definition) is 2. The molecule has 3 rings (SSSR count). The summed E-state index contributed by atoms with van der Waals surface area (Å²) in [6, 6.07) is 11.5. The van der Waals surface area contributed by atoms with E-state index in [0.717, 1.165) is 27.2 Å². The van der Waals surface area contributed by atoms with Crippen molar-refractivity contribution < 1.29 is 0 Å². The van der Waals surface area contributed by atoms with Gasteiger partial charge in [-0.05, 0) is 50.0 Å². The smallest absolute Gasteiger partial charge is 0.272 e. The minimum Gasteiger partial charge on any atom is -0.316 e. The Bertz CT molecular complexity index is 1190. The highest BCUT2D eigenvalue weighted by atomic mass is 79.9. The molecule has 2 aromatic heterocycles. The van der Waals surface area contributed by atoms with Crippen LogP contribution in [-0.4, -0.2) is 41.3 Å². The van der Waals surface area contributed by atoms with Gasteiger partial charge in [0, 0.05) is 21.6 Å². The third kappa shape index (κ3) is 5.57. The normalized spacial score (nSPS) is 12.9. The summed E-state index contributed by atoms with van der Waals surface area (Å²) in [5, 5.41) is 0.473. The topological polar surface area (TPSA) is 69.0 Å². The van der Waals surface area contributed by atoms with Gasteiger partial charge in [0.1, 0.15) is 10.7 Å². The maximum absolute atomic E-state index is 12.4. The summed E-state index contributed by atoms with van der Waals surface area (Å²) < 4.78 is 2.04. The number of benzene rings is 1. The van der Waals surface area contributed by atoms with E-state index in [4.69, 9.17) is 0 Å². The van der Waals surface area contributed by atoms with E-state index in [9.17, 15) is 9.59 Å². The first-order valence-electron chi connectivity index (χ1n) is 8.60. The van der Waals surface area contributed by atoms with E-state index in [0.29, 0.717) is 0 Å². The van der Waals surface area contributed by atoms with Gasteiger partial charge in [0.25, 0.3) is 11.1 Å². The van der Waals surface area contributed by atoms with Crippen LogP contribution in [0.5, 0.6) is 0 Å². The molecule has 8 heteroatoms. The number of rotatable bonds is 6. The van der Waals surface area contributed by atoms with Crippen LogP contribution in [0.2, 0.25) is 0 Å². The number of nitrogens with one attached hydrogen (secondary N) is 2. The molecule has 0 radical (unpaired) electrons. The zero-order valence-corrected chi connectivity index (χ0v) is 18.7. The molecular weight excluding hydrogens is 458 g/mol. The van der Waals surface area contributed by atoms with Crippen LogP contribution in [0.25, 0.3) is 12.2 Å². The molecule has 2 N–H and O–H groups in total. The van der Waals surface area contributed by atoms with E-state index in [1.807, 2.05) is 50.5 Å². The van der Waals surface area contributed by atoms with Crippen molar-refractivity contribution in [1.82, 2.24) is 14.9 Å². The molecule has 1 aromatic carbocycles. The number of aromatic nitrogens is 2. The minimum atomic E-state index is -0.334. The van der Waals surface area contributed by atoms with Crippen molar-refractivity contribution in [2.24, 2.45) is 0 Å². The maximum Gasteiger partial charge on any atom is 0.272 e. The second kappa shape index (κ2) is 9.56. The lowest BCUT2D eigenvalue weighted by Crippen LogP contribution is -2.46. The van der Waals surface area contributed by atoms with E-state index in [-0.39, 0.29) is 21.8 Å². The van der Waals surface area contributed by atoms with E-state index in [1.165, 1.54) is 4.21 Å². The molecular formula is C20H20BrN3O2S2. The average Bonchev–Trinajstić information content (AvgIpc) is 3.08. The minimum absolute atomic E-state index is 0.222. The van der Waals surface area contributed by atoms with Crippen molar-refractivity contribution in [3.63, 3.8) is 0 Å². The third-order valence-electron chi connectivity index (χ3n) is 3.86. The monoisotopic (exact) mass is 477 g/mol. The molecule has 0 amide bonds. The van der Waals surface area contributed by atoms with Crippen LogP contribution in [0.15, 0.2) is 54.7 Å². The average molecular weight is 478 g/mol. The Morgan fingerprint density at radius 1 is 1.04 bits per heavy atom. The van der Waals surface area contributed by atoms with Crippen molar-refractivity contribution >= 4 is 51.2 Å². The summed E-state index contributed by atoms with van der Waals surface area (Å²) in [4.78, 5) is 33.3. The fourth-order valence-electron chi connectivity index (χ4n) is 2.40. The predicted molar refractivity (Wildman–Crippen MR) is 122 cm³/mol. The third-order valence-corrected chi connectivity index (χ3v) is 6.82. The lowest BCUT2D eigenvalue weighted by Gasteiger charge is -2.07. The SMILES string of the molecule is CN(C)CCSc1ccc(C=c2[nH]c(=O)c(=Cc3ccccc3Br)[nH]c2=O)s1. The Morgan fingerprint density at radius 3 is 2.39 bits per heavy atom. The van der Waals surface area contributed by atoms with Gasteiger partial charge >= 0.3 is 0 Å². The predicted octanol–water partition coefficient (Wildman–Crippen LogP) is 2.20. The van der Waals surface area contributed by atoms with Crippen molar-refractivity contribution in [2.45, 2.75) is 4.21 Å². The summed E-state index contributed by atoms with van der Waals surface area (Å²) in [5.41, 5.74) is 0.157. The standard InChI is InChI=1S/C20H20BrN3O2S2/c1-24(2)9-10-27-18-8-7-14(28-18)12-17-20(26)22-16(19(25)23-17)11-13-5-3-4-6-15(13)21/h3-8,11-12H,9-10H2,1-2H3,(H,22,26)(H,23,25). The van der Waals surface area contributed by atoms with Gasteiger partial charge < -0.3 is 14.9 Å². The van der Waals surface area contributed by atoms with Crippen molar-refractivity contribution in [2.75, 3.05) is 26.4 Å². The number of aromatic amines is 2. The zero-order chi connectivity index (χ0) is 20.1. The highest BCUT2D eigenvalue weighted by molar-refractivity contribution is 9.10. The second-order valence-electron chi connectivity index (χ2n) is 6.35. The summed E-state index contributed by atoms with van der Waals surface area (Å²) >= 11 is 6.82. The molecule has 0 aliphatic heterocycles. The maximum atomic E-state index is 12.4. The summed E-state index contributed by atoms with van der Waals surface area (Å²) in [6.07, 6.45) is 3.36. The molecule has 0 unspecified atom stereocenters. The first-order chi connectivity index (χ1) is 13.4. The molecule has 0 bridgehead atoms. The molecule has 28 heavy (non-hydrogen) atoms. The van der Waals surface area contributed by atoms with Crippen LogP contribution in [0, 0.1) is 0 Å². The number of thiophene rings is 1. The number of nitrogens with zero attached hydrogens (tertiary/aromatic N) is 1. The fraction of sp³-hybridized carbons (Fsp3) is 0.200. The Balaban J connectivity index is 1.89. The van der Waals surface area contributed by atoms with Crippen molar-refractivity contribution in [3.8, 4) is 0 Å². The largest absolute Gasteiger partial charge is 0.316 e. The number of H-pyrrole nitrogens is 2. The van der Waals surface area contributed by atoms with Crippen LogP contribution in [-0.2, 0) is 0 Å². The van der Waals surface area contributed by atoms with Gasteiger partial charge in [-0.1, -0.05) is 34.1 Å². The molecule has 0 saturated heterocycles. The van der Waals surface area contributed by atoms with Crippen LogP contribution in [0.3, 0.4) is 0 Å². The van der Waals surface area contributed by atoms with Crippen LogP contribution >= 0.6 is 39.0 Å². The summed E-state index contributed by atoms with van der Waals surface area (Å²) in [6.45, 7) is 1.00. The number of hydrogen-bond acceptors (Lipinski definition) is 5. The Kier molecular flexibility index (Phi) is 7.12. The van der Waals surface area contributed by atoms with Gasteiger partial charge in [-0.2, -0.15) is 0 Å². The lowest BCUT2D eigenvalue weighted by molar-refractivity contribution is 0.437. The van der Waals surface area contributed by atoms with Gasteiger partial charge in [0.15, 0.2) is 0 Å². The molecule has 3 aromatic rings. The van der Waals surface area contributed by atoms with E-state index in [1.54, 1.807) is 35.3 Å². The van der Waals surface area contributed by atoms with Crippen LogP contribution in [0.1, 0.15) is 10.4 Å². The Morgan fingerprint density at radius 2 is 1.71 bits per heavy atom. The van der Waals surface area contributed by atoms with Gasteiger partial charge in [-0.15, -0.1) is 23.1 Å². The van der Waals surface area contributed by atoms with Crippen LogP contribution in [0.4, 0.5) is 0 Å². The van der Waals surface area contributed by atoms with Gasteiger partial charge in [0.05, 0.1) is 4.21 Å². The van der Waals surface area contributed by atoms with Gasteiger partial charge in [0.2, 0.25) is 0 Å². The van der Waals surface area contributed by atoms with E-state index >= 15 is 0 Å². The van der Waals surface area contributed by atoms with Crippen molar-refractivity contribution in [1.29, 1.82) is 0 Å².